The minimum atomic E-state index is -0.394. The van der Waals surface area contributed by atoms with Crippen LogP contribution in [-0.4, -0.2) is 19.5 Å². The van der Waals surface area contributed by atoms with Crippen LogP contribution in [0.1, 0.15) is 104 Å². The molecule has 0 saturated carbocycles. The SMILES string of the molecule is CC(C)(C)c1cc(C(C)(C)C)c2c(c1)c1cc(C(C)(C)C)cc3c1n2-c1c(-c2ccccc2)cc(-c2nc(-c4ccc(-c5ccccc5)cc4)nc(-c4cc(-c5ccccc5)cc(-c5ccccc5)c4)n2)cc1-c1cccc(c1)C3(C)C. The molecule has 3 heterocycles. The third-order valence-electron chi connectivity index (χ3n) is 17.0. The molecule has 0 radical (unpaired) electrons. The first-order valence-electron chi connectivity index (χ1n) is 29.0. The molecule has 0 spiro atoms. The van der Waals surface area contributed by atoms with Crippen molar-refractivity contribution in [1.82, 2.24) is 19.5 Å². The standard InChI is InChI=1S/C78H70N4/c1-75(2,3)61-45-65-66-46-62(76(4,5)6)48-68-71(66)82(70(65)67(47-61)77(7,8)9)69-63(53-31-22-15-23-32-53)43-59(44-64(69)55-33-24-34-60(42-55)78(68,10)11)74-80-72(54-37-35-52(36-38-54)49-25-16-12-17-26-49)79-73(81-74)58-40-56(50-27-18-13-19-28-50)39-57(41-58)51-29-20-14-21-30-51/h12-48H,1-11H3. The molecular formula is C78H70N4. The summed E-state index contributed by atoms with van der Waals surface area (Å²) in [6.07, 6.45) is 0. The normalized spacial score (nSPS) is 13.2. The van der Waals surface area contributed by atoms with Crippen molar-refractivity contribution in [3.05, 3.63) is 252 Å². The highest BCUT2D eigenvalue weighted by Gasteiger charge is 2.36. The van der Waals surface area contributed by atoms with Gasteiger partial charge in [-0.05, 0) is 131 Å². The minimum absolute atomic E-state index is 0.0879. The highest BCUT2D eigenvalue weighted by atomic mass is 15.0. The second-order valence-electron chi connectivity index (χ2n) is 26.2. The van der Waals surface area contributed by atoms with Gasteiger partial charge >= 0.3 is 0 Å². The summed E-state index contributed by atoms with van der Waals surface area (Å²) >= 11 is 0. The first-order chi connectivity index (χ1) is 39.3. The molecule has 402 valence electrons. The van der Waals surface area contributed by atoms with Crippen LogP contribution >= 0.6 is 0 Å². The lowest BCUT2D eigenvalue weighted by Gasteiger charge is -2.30. The van der Waals surface area contributed by atoms with Gasteiger partial charge in [0.2, 0.25) is 0 Å². The first kappa shape index (κ1) is 52.4. The molecule has 4 heteroatoms. The lowest BCUT2D eigenvalue weighted by atomic mass is 9.74. The van der Waals surface area contributed by atoms with E-state index in [1.165, 1.54) is 49.6 Å². The third-order valence-corrected chi connectivity index (χ3v) is 17.0. The molecule has 4 nitrogen and oxygen atoms in total. The second kappa shape index (κ2) is 19.6. The summed E-state index contributed by atoms with van der Waals surface area (Å²) in [5, 5.41) is 2.56. The van der Waals surface area contributed by atoms with Gasteiger partial charge in [-0.15, -0.1) is 0 Å². The van der Waals surface area contributed by atoms with Crippen molar-refractivity contribution in [2.75, 3.05) is 0 Å². The summed E-state index contributed by atoms with van der Waals surface area (Å²) in [5.74, 6) is 1.80. The maximum Gasteiger partial charge on any atom is 0.164 e. The molecule has 0 amide bonds. The number of rotatable bonds is 7. The zero-order valence-corrected chi connectivity index (χ0v) is 49.2. The first-order valence-corrected chi connectivity index (χ1v) is 29.0. The van der Waals surface area contributed by atoms with E-state index in [1.54, 1.807) is 0 Å². The molecule has 0 atom stereocenters. The van der Waals surface area contributed by atoms with E-state index in [0.29, 0.717) is 17.5 Å². The van der Waals surface area contributed by atoms with Crippen LogP contribution in [0.25, 0.3) is 117 Å². The summed E-state index contributed by atoms with van der Waals surface area (Å²) in [6.45, 7) is 26.1. The smallest absolute Gasteiger partial charge is 0.164 e. The lowest BCUT2D eigenvalue weighted by Crippen LogP contribution is -2.22. The Morgan fingerprint density at radius 1 is 0.317 bits per heavy atom. The predicted octanol–water partition coefficient (Wildman–Crippen LogP) is 20.8. The van der Waals surface area contributed by atoms with E-state index in [4.69, 9.17) is 15.0 Å². The van der Waals surface area contributed by atoms with Gasteiger partial charge in [0.15, 0.2) is 17.5 Å². The molecule has 0 N–H and O–H groups in total. The molecule has 1 aliphatic rings. The number of aromatic nitrogens is 4. The average Bonchev–Trinajstić information content (AvgIpc) is 2.11. The van der Waals surface area contributed by atoms with Crippen LogP contribution in [0.5, 0.6) is 0 Å². The number of hydrogen-bond donors (Lipinski definition) is 0. The maximum atomic E-state index is 5.63. The molecule has 0 aliphatic carbocycles. The molecule has 82 heavy (non-hydrogen) atoms. The van der Waals surface area contributed by atoms with Gasteiger partial charge in [-0.2, -0.15) is 0 Å². The Morgan fingerprint density at radius 3 is 1.23 bits per heavy atom. The Bertz CT molecular complexity index is 4360. The molecule has 0 saturated heterocycles. The molecule has 13 rings (SSSR count). The molecule has 2 aromatic heterocycles. The van der Waals surface area contributed by atoms with E-state index in [2.05, 4.69) is 305 Å². The topological polar surface area (TPSA) is 43.6 Å². The molecule has 10 aromatic carbocycles. The van der Waals surface area contributed by atoms with E-state index in [0.717, 1.165) is 78.0 Å². The summed E-state index contributed by atoms with van der Waals surface area (Å²) in [5.41, 5.74) is 23.2. The van der Waals surface area contributed by atoms with E-state index in [1.807, 2.05) is 0 Å². The Hall–Kier alpha value is -8.99. The zero-order valence-electron chi connectivity index (χ0n) is 49.2. The Kier molecular flexibility index (Phi) is 12.5. The molecule has 0 unspecified atom stereocenters. The van der Waals surface area contributed by atoms with Crippen molar-refractivity contribution >= 4 is 21.8 Å². The second-order valence-corrected chi connectivity index (χ2v) is 26.2. The number of benzene rings is 10. The van der Waals surface area contributed by atoms with Gasteiger partial charge in [0.1, 0.15) is 0 Å². The van der Waals surface area contributed by atoms with Gasteiger partial charge in [-0.25, -0.2) is 15.0 Å². The number of nitrogens with zero attached hydrogens (tertiary/aromatic N) is 4. The summed E-state index contributed by atoms with van der Waals surface area (Å²) in [4.78, 5) is 16.6. The highest BCUT2D eigenvalue weighted by molar-refractivity contribution is 6.14. The van der Waals surface area contributed by atoms with Crippen molar-refractivity contribution in [2.45, 2.75) is 97.8 Å². The fourth-order valence-electron chi connectivity index (χ4n) is 12.3. The van der Waals surface area contributed by atoms with Crippen LogP contribution in [0.3, 0.4) is 0 Å². The summed E-state index contributed by atoms with van der Waals surface area (Å²) < 4.78 is 2.69. The van der Waals surface area contributed by atoms with Gasteiger partial charge in [0, 0.05) is 44.0 Å². The summed E-state index contributed by atoms with van der Waals surface area (Å²) in [7, 11) is 0. The Balaban J connectivity index is 1.16. The van der Waals surface area contributed by atoms with Crippen LogP contribution in [-0.2, 0) is 21.7 Å². The number of fused-ring (bicyclic) bond motifs is 8. The van der Waals surface area contributed by atoms with E-state index < -0.39 is 5.41 Å². The molecule has 12 aromatic rings. The van der Waals surface area contributed by atoms with Crippen molar-refractivity contribution < 1.29 is 0 Å². The Morgan fingerprint density at radius 2 is 0.720 bits per heavy atom. The van der Waals surface area contributed by atoms with E-state index in [-0.39, 0.29) is 16.2 Å². The highest BCUT2D eigenvalue weighted by Crippen LogP contribution is 2.52. The van der Waals surface area contributed by atoms with Crippen molar-refractivity contribution in [2.24, 2.45) is 0 Å². The average molecular weight is 1060 g/mol. The van der Waals surface area contributed by atoms with Gasteiger partial charge < -0.3 is 4.57 Å². The molecular weight excluding hydrogens is 993 g/mol. The quantitative estimate of drug-likeness (QED) is 0.160. The predicted molar refractivity (Wildman–Crippen MR) is 346 cm³/mol. The van der Waals surface area contributed by atoms with Gasteiger partial charge in [0.05, 0.1) is 16.7 Å². The molecule has 0 fully saturated rings. The van der Waals surface area contributed by atoms with E-state index >= 15 is 0 Å². The fraction of sp³-hybridized carbons (Fsp3) is 0.192. The van der Waals surface area contributed by atoms with Crippen molar-refractivity contribution in [1.29, 1.82) is 0 Å². The van der Waals surface area contributed by atoms with Crippen LogP contribution in [0.15, 0.2) is 224 Å². The minimum Gasteiger partial charge on any atom is -0.307 e. The monoisotopic (exact) mass is 1060 g/mol. The van der Waals surface area contributed by atoms with E-state index in [9.17, 15) is 0 Å². The largest absolute Gasteiger partial charge is 0.307 e. The van der Waals surface area contributed by atoms with Crippen LogP contribution < -0.4 is 0 Å². The third kappa shape index (κ3) is 9.34. The fourth-order valence-corrected chi connectivity index (χ4v) is 12.3. The zero-order chi connectivity index (χ0) is 56.9. The molecule has 1 aliphatic heterocycles. The summed E-state index contributed by atoms with van der Waals surface area (Å²) in [6, 6.07) is 82.3. The van der Waals surface area contributed by atoms with Gasteiger partial charge in [-0.1, -0.05) is 258 Å². The van der Waals surface area contributed by atoms with Crippen molar-refractivity contribution in [3.63, 3.8) is 0 Å². The number of hydrogen-bond acceptors (Lipinski definition) is 3. The Labute approximate surface area is 484 Å². The maximum absolute atomic E-state index is 5.63. The van der Waals surface area contributed by atoms with Crippen LogP contribution in [0.2, 0.25) is 0 Å². The van der Waals surface area contributed by atoms with Gasteiger partial charge in [-0.3, -0.25) is 0 Å². The van der Waals surface area contributed by atoms with Gasteiger partial charge in [0.25, 0.3) is 0 Å². The van der Waals surface area contributed by atoms with Crippen LogP contribution in [0.4, 0.5) is 0 Å². The van der Waals surface area contributed by atoms with Crippen LogP contribution in [0, 0.1) is 0 Å². The van der Waals surface area contributed by atoms with Crippen molar-refractivity contribution in [3.8, 4) is 95.5 Å². The lowest BCUT2D eigenvalue weighted by molar-refractivity contribution is 0.572. The molecule has 2 bridgehead atoms.